The molecule has 0 aromatic rings. The molecule has 0 aliphatic carbocycles. The van der Waals surface area contributed by atoms with Gasteiger partial charge < -0.3 is 29.4 Å². The number of carbonyl (C=O) groups is 6. The van der Waals surface area contributed by atoms with Crippen molar-refractivity contribution >= 4 is 35.4 Å². The Balaban J connectivity index is -0.000000784. The number of hydrogen-bond donors (Lipinski definition) is 0. The molecule has 6 amide bonds. The Bertz CT molecular complexity index is 1260. The summed E-state index contributed by atoms with van der Waals surface area (Å²) in [5.74, 6) is -0.216. The number of rotatable bonds is 30. The van der Waals surface area contributed by atoms with Crippen molar-refractivity contribution in [3.05, 3.63) is 113 Å². The predicted octanol–water partition coefficient (Wildman–Crippen LogP) is 6.40. The Morgan fingerprint density at radius 2 is 0.603 bits per heavy atom. The van der Waals surface area contributed by atoms with Crippen LogP contribution in [0.25, 0.3) is 0 Å². The largest absolute Gasteiger partial charge is 0.339 e. The van der Waals surface area contributed by atoms with E-state index < -0.39 is 0 Å². The summed E-state index contributed by atoms with van der Waals surface area (Å²) in [6, 6.07) is 0. The van der Waals surface area contributed by atoms with Gasteiger partial charge in [0.05, 0.1) is 0 Å². The Morgan fingerprint density at radius 3 is 0.828 bits per heavy atom. The maximum absolute atomic E-state index is 11.6. The fourth-order valence-electron chi connectivity index (χ4n) is 5.20. The van der Waals surface area contributed by atoms with Crippen molar-refractivity contribution in [2.24, 2.45) is 0 Å². The molecule has 0 radical (unpaired) electrons. The van der Waals surface area contributed by atoms with E-state index in [4.69, 9.17) is 0 Å². The van der Waals surface area contributed by atoms with Gasteiger partial charge in [0.2, 0.25) is 35.4 Å². The van der Waals surface area contributed by atoms with E-state index in [1.165, 1.54) is 38.2 Å². The van der Waals surface area contributed by atoms with Crippen LogP contribution in [0.3, 0.4) is 0 Å². The van der Waals surface area contributed by atoms with Crippen LogP contribution in [-0.4, -0.2) is 143 Å². The lowest BCUT2D eigenvalue weighted by molar-refractivity contribution is -0.128. The molecule has 58 heavy (non-hydrogen) atoms. The fourth-order valence-corrected chi connectivity index (χ4v) is 5.20. The van der Waals surface area contributed by atoms with Gasteiger partial charge >= 0.3 is 0 Å². The van der Waals surface area contributed by atoms with Crippen LogP contribution in [0.4, 0.5) is 0 Å². The standard InChI is InChI=1S/C16H28N2O2.C16H24N2O2.C14H22N2O2/c2*1-5-11-17(15(19)7-3)13-9-10-14-18(12-6-2)16(20)8-4;1-5-9-15(13(3)17)11-7-8-12-16(10-6-2)14(4)18/h7-8H,3-6,9-14H2,1-2H3;5-8H,1-4,9-14H2;5-8H,1-2,9-12H2,3-4H3/b;;8-7+. The zero-order valence-electron chi connectivity index (χ0n) is 36.3. The summed E-state index contributed by atoms with van der Waals surface area (Å²) in [4.78, 5) is 79.1. The van der Waals surface area contributed by atoms with Crippen LogP contribution in [0.15, 0.2) is 113 Å². The van der Waals surface area contributed by atoms with E-state index in [0.717, 1.165) is 64.7 Å². The van der Waals surface area contributed by atoms with E-state index in [9.17, 15) is 28.8 Å². The Hall–Kier alpha value is -5.52. The summed E-state index contributed by atoms with van der Waals surface area (Å²) in [6.07, 6.45) is 21.1. The number of unbranched alkanes of at least 4 members (excludes halogenated alkanes) is 2. The number of hydrogen-bond acceptors (Lipinski definition) is 6. The molecule has 0 fully saturated rings. The lowest BCUT2D eigenvalue weighted by atomic mass is 10.2. The molecule has 0 aromatic heterocycles. The first-order chi connectivity index (χ1) is 27.7. The van der Waals surface area contributed by atoms with Gasteiger partial charge in [0.1, 0.15) is 0 Å². The van der Waals surface area contributed by atoms with Gasteiger partial charge in [-0.15, -0.1) is 26.3 Å². The summed E-state index contributed by atoms with van der Waals surface area (Å²) < 4.78 is 0. The van der Waals surface area contributed by atoms with Crippen LogP contribution in [-0.2, 0) is 28.8 Å². The molecule has 0 aliphatic heterocycles. The highest BCUT2D eigenvalue weighted by atomic mass is 16.2. The van der Waals surface area contributed by atoms with Crippen LogP contribution >= 0.6 is 0 Å². The Labute approximate surface area is 350 Å². The van der Waals surface area contributed by atoms with Crippen molar-refractivity contribution in [2.45, 2.75) is 66.2 Å². The molecule has 0 spiro atoms. The summed E-state index contributed by atoms with van der Waals surface area (Å²) in [6.45, 7) is 43.0. The molecule has 0 atom stereocenters. The van der Waals surface area contributed by atoms with E-state index in [1.54, 1.807) is 43.9 Å². The van der Waals surface area contributed by atoms with E-state index in [2.05, 4.69) is 66.5 Å². The fraction of sp³-hybridized carbons (Fsp3) is 0.478. The van der Waals surface area contributed by atoms with Gasteiger partial charge in [0.15, 0.2) is 0 Å². The van der Waals surface area contributed by atoms with Crippen LogP contribution < -0.4 is 0 Å². The predicted molar refractivity (Wildman–Crippen MR) is 241 cm³/mol. The highest BCUT2D eigenvalue weighted by molar-refractivity contribution is 5.88. The molecule has 0 unspecified atom stereocenters. The normalized spacial score (nSPS) is 9.79. The van der Waals surface area contributed by atoms with E-state index in [0.29, 0.717) is 52.4 Å². The van der Waals surface area contributed by atoms with E-state index in [1.807, 2.05) is 22.0 Å². The molecule has 0 heterocycles. The van der Waals surface area contributed by atoms with Crippen LogP contribution in [0.1, 0.15) is 66.2 Å². The van der Waals surface area contributed by atoms with Gasteiger partial charge in [0, 0.05) is 92.4 Å². The van der Waals surface area contributed by atoms with Crippen molar-refractivity contribution in [2.75, 3.05) is 78.5 Å². The minimum atomic E-state index is -0.102. The first-order valence-electron chi connectivity index (χ1n) is 20.0. The molecule has 0 aliphatic rings. The summed E-state index contributed by atoms with van der Waals surface area (Å²) in [7, 11) is 0. The van der Waals surface area contributed by atoms with Gasteiger partial charge in [-0.05, 0) is 62.8 Å². The quantitative estimate of drug-likeness (QED) is 0.0471. The SMILES string of the molecule is C=CC(=O)N(CCC)CCCCN(CCC)C(=O)C=C.C=CCN(C/C=C/CN(CC=C)C(C)=O)C(C)=O.C=CCN(CCCCN(CC=C)C(=O)C=C)C(=O)C=C. The van der Waals surface area contributed by atoms with Crippen molar-refractivity contribution in [3.8, 4) is 0 Å². The second kappa shape index (κ2) is 38.4. The van der Waals surface area contributed by atoms with E-state index in [-0.39, 0.29) is 35.4 Å². The highest BCUT2D eigenvalue weighted by Crippen LogP contribution is 2.04. The molecular weight excluding hydrogens is 733 g/mol. The number of nitrogens with zero attached hydrogens (tertiary/aromatic N) is 6. The number of amides is 6. The molecule has 0 bridgehead atoms. The molecule has 12 nitrogen and oxygen atoms in total. The molecule has 0 N–H and O–H groups in total. The Morgan fingerprint density at radius 1 is 0.362 bits per heavy atom. The lowest BCUT2D eigenvalue weighted by Crippen LogP contribution is -2.33. The summed E-state index contributed by atoms with van der Waals surface area (Å²) in [5, 5.41) is 0. The molecule has 0 rings (SSSR count). The molecule has 324 valence electrons. The summed E-state index contributed by atoms with van der Waals surface area (Å²) in [5.41, 5.74) is 0. The van der Waals surface area contributed by atoms with Crippen molar-refractivity contribution in [1.29, 1.82) is 0 Å². The maximum Gasteiger partial charge on any atom is 0.246 e. The lowest BCUT2D eigenvalue weighted by Gasteiger charge is -2.23. The second-order valence-corrected chi connectivity index (χ2v) is 12.9. The molecule has 12 heteroatoms. The first kappa shape index (κ1) is 56.8. The molecule has 0 aromatic carbocycles. The van der Waals surface area contributed by atoms with E-state index >= 15 is 0 Å². The second-order valence-electron chi connectivity index (χ2n) is 12.9. The van der Waals surface area contributed by atoms with Gasteiger partial charge in [0.25, 0.3) is 0 Å². The zero-order chi connectivity index (χ0) is 44.7. The topological polar surface area (TPSA) is 122 Å². The van der Waals surface area contributed by atoms with Gasteiger partial charge in [-0.3, -0.25) is 28.8 Å². The minimum absolute atomic E-state index is 0.00839. The smallest absolute Gasteiger partial charge is 0.246 e. The number of carbonyl (C=O) groups excluding carboxylic acids is 6. The third kappa shape index (κ3) is 28.8. The van der Waals surface area contributed by atoms with Crippen LogP contribution in [0.2, 0.25) is 0 Å². The average molecular weight is 807 g/mol. The van der Waals surface area contributed by atoms with Crippen molar-refractivity contribution in [3.63, 3.8) is 0 Å². The van der Waals surface area contributed by atoms with Gasteiger partial charge in [-0.25, -0.2) is 0 Å². The first-order valence-corrected chi connectivity index (χ1v) is 20.0. The highest BCUT2D eigenvalue weighted by Gasteiger charge is 2.12. The van der Waals surface area contributed by atoms with Crippen LogP contribution in [0.5, 0.6) is 0 Å². The van der Waals surface area contributed by atoms with Crippen molar-refractivity contribution in [1.82, 2.24) is 29.4 Å². The van der Waals surface area contributed by atoms with Crippen molar-refractivity contribution < 1.29 is 28.8 Å². The summed E-state index contributed by atoms with van der Waals surface area (Å²) >= 11 is 0. The third-order valence-corrected chi connectivity index (χ3v) is 8.25. The van der Waals surface area contributed by atoms with Gasteiger partial charge in [-0.2, -0.15) is 0 Å². The Kier molecular flexibility index (Phi) is 37.6. The molecule has 0 saturated carbocycles. The monoisotopic (exact) mass is 807 g/mol. The minimum Gasteiger partial charge on any atom is -0.339 e. The van der Waals surface area contributed by atoms with Gasteiger partial charge in [-0.1, -0.05) is 76.6 Å². The average Bonchev–Trinajstić information content (AvgIpc) is 3.21. The van der Waals surface area contributed by atoms with Crippen LogP contribution in [0, 0.1) is 0 Å². The molecular formula is C46H74N6O6. The third-order valence-electron chi connectivity index (χ3n) is 8.25. The zero-order valence-corrected chi connectivity index (χ0v) is 36.3. The maximum atomic E-state index is 11.6. The molecule has 0 saturated heterocycles.